The molecule has 114 valence electrons. The van der Waals surface area contributed by atoms with Crippen LogP contribution in [0.1, 0.15) is 19.4 Å². The van der Waals surface area contributed by atoms with Crippen molar-refractivity contribution in [2.24, 2.45) is 5.73 Å². The van der Waals surface area contributed by atoms with Crippen molar-refractivity contribution in [1.82, 2.24) is 10.3 Å². The average Bonchev–Trinajstić information content (AvgIpc) is 2.46. The highest BCUT2D eigenvalue weighted by Gasteiger charge is 2.32. The van der Waals surface area contributed by atoms with E-state index in [1.54, 1.807) is 12.3 Å². The number of nitrogens with zero attached hydrogens (tertiary/aromatic N) is 2. The van der Waals surface area contributed by atoms with Gasteiger partial charge in [-0.2, -0.15) is 0 Å². The van der Waals surface area contributed by atoms with Crippen molar-refractivity contribution >= 4 is 28.9 Å². The zero-order valence-corrected chi connectivity index (χ0v) is 13.0. The fourth-order valence-corrected chi connectivity index (χ4v) is 2.43. The van der Waals surface area contributed by atoms with E-state index in [1.807, 2.05) is 24.8 Å². The molecule has 0 aliphatic carbocycles. The molecule has 1 aromatic rings. The van der Waals surface area contributed by atoms with Crippen molar-refractivity contribution in [3.8, 4) is 0 Å². The second kappa shape index (κ2) is 6.82. The van der Waals surface area contributed by atoms with E-state index in [2.05, 4.69) is 10.3 Å². The lowest BCUT2D eigenvalue weighted by Crippen LogP contribution is -2.55. The summed E-state index contributed by atoms with van der Waals surface area (Å²) in [5.41, 5.74) is 6.43. The summed E-state index contributed by atoms with van der Waals surface area (Å²) >= 11 is 5.07. The van der Waals surface area contributed by atoms with Crippen molar-refractivity contribution in [2.75, 3.05) is 24.7 Å². The van der Waals surface area contributed by atoms with Gasteiger partial charge < -0.3 is 20.7 Å². The quantitative estimate of drug-likeness (QED) is 0.786. The van der Waals surface area contributed by atoms with Gasteiger partial charge in [-0.1, -0.05) is 12.2 Å². The van der Waals surface area contributed by atoms with Crippen LogP contribution in [0.15, 0.2) is 18.3 Å². The predicted molar refractivity (Wildman–Crippen MR) is 85.4 cm³/mol. The molecule has 2 heterocycles. The number of carbonyl (C=O) groups is 1. The number of hydrogen-bond acceptors (Lipinski definition) is 5. The zero-order valence-electron chi connectivity index (χ0n) is 12.2. The van der Waals surface area contributed by atoms with E-state index in [0.29, 0.717) is 31.1 Å². The van der Waals surface area contributed by atoms with Gasteiger partial charge in [-0.15, -0.1) is 0 Å². The molecular formula is C14H20N4O2S. The maximum absolute atomic E-state index is 12.3. The third-order valence-electron chi connectivity index (χ3n) is 3.19. The second-order valence-electron chi connectivity index (χ2n) is 5.19. The SMILES string of the molecule is CC(C)NC(=O)C1COCCN1c1ncccc1C(N)=S. The molecule has 1 aliphatic heterocycles. The van der Waals surface area contributed by atoms with Crippen LogP contribution in [-0.4, -0.2) is 47.7 Å². The standard InChI is InChI=1S/C14H20N4O2S/c1-9(2)17-14(19)11-8-20-7-6-18(11)13-10(12(15)21)4-3-5-16-13/h3-5,9,11H,6-8H2,1-2H3,(H2,15,21)(H,17,19). The fraction of sp³-hybridized carbons (Fsp3) is 0.500. The lowest BCUT2D eigenvalue weighted by atomic mass is 10.1. The summed E-state index contributed by atoms with van der Waals surface area (Å²) < 4.78 is 5.44. The minimum atomic E-state index is -0.427. The molecule has 1 atom stereocenters. The van der Waals surface area contributed by atoms with Crippen LogP contribution in [0.25, 0.3) is 0 Å². The van der Waals surface area contributed by atoms with Crippen LogP contribution < -0.4 is 16.0 Å². The summed E-state index contributed by atoms with van der Waals surface area (Å²) in [4.78, 5) is 18.9. The predicted octanol–water partition coefficient (Wildman–Crippen LogP) is 0.446. The van der Waals surface area contributed by atoms with Crippen LogP contribution >= 0.6 is 12.2 Å². The van der Waals surface area contributed by atoms with Crippen LogP contribution in [0.5, 0.6) is 0 Å². The lowest BCUT2D eigenvalue weighted by molar-refractivity contribution is -0.125. The van der Waals surface area contributed by atoms with Crippen molar-refractivity contribution < 1.29 is 9.53 Å². The molecule has 1 unspecified atom stereocenters. The third-order valence-corrected chi connectivity index (χ3v) is 3.41. The van der Waals surface area contributed by atoms with E-state index >= 15 is 0 Å². The van der Waals surface area contributed by atoms with Crippen LogP contribution in [0.4, 0.5) is 5.82 Å². The first-order valence-corrected chi connectivity index (χ1v) is 7.31. The molecule has 7 heteroatoms. The molecule has 0 saturated carbocycles. The molecule has 1 fully saturated rings. The number of anilines is 1. The van der Waals surface area contributed by atoms with Crippen molar-refractivity contribution in [1.29, 1.82) is 0 Å². The van der Waals surface area contributed by atoms with Crippen LogP contribution in [-0.2, 0) is 9.53 Å². The molecule has 1 amide bonds. The Kier molecular flexibility index (Phi) is 5.08. The van der Waals surface area contributed by atoms with Crippen molar-refractivity contribution in [2.45, 2.75) is 25.9 Å². The number of rotatable bonds is 4. The number of ether oxygens (including phenoxy) is 1. The first-order chi connectivity index (χ1) is 10.0. The van der Waals surface area contributed by atoms with E-state index in [-0.39, 0.29) is 16.9 Å². The zero-order chi connectivity index (χ0) is 15.4. The Morgan fingerprint density at radius 3 is 3.05 bits per heavy atom. The van der Waals surface area contributed by atoms with E-state index in [1.165, 1.54) is 0 Å². The normalized spacial score (nSPS) is 18.6. The van der Waals surface area contributed by atoms with Gasteiger partial charge in [0.2, 0.25) is 5.91 Å². The maximum Gasteiger partial charge on any atom is 0.245 e. The van der Waals surface area contributed by atoms with Crippen LogP contribution in [0.2, 0.25) is 0 Å². The molecule has 3 N–H and O–H groups in total. The molecule has 0 radical (unpaired) electrons. The number of amides is 1. The van der Waals surface area contributed by atoms with Gasteiger partial charge in [-0.3, -0.25) is 4.79 Å². The molecule has 1 aliphatic rings. The smallest absolute Gasteiger partial charge is 0.245 e. The van der Waals surface area contributed by atoms with Gasteiger partial charge in [0.05, 0.1) is 18.8 Å². The number of aromatic nitrogens is 1. The summed E-state index contributed by atoms with van der Waals surface area (Å²) in [5, 5.41) is 2.91. The van der Waals surface area contributed by atoms with E-state index in [0.717, 1.165) is 0 Å². The number of pyridine rings is 1. The van der Waals surface area contributed by atoms with Gasteiger partial charge >= 0.3 is 0 Å². The Bertz CT molecular complexity index is 535. The average molecular weight is 308 g/mol. The van der Waals surface area contributed by atoms with Gasteiger partial charge in [0.25, 0.3) is 0 Å². The summed E-state index contributed by atoms with van der Waals surface area (Å²) in [5.74, 6) is 0.557. The Hall–Kier alpha value is -1.73. The first kappa shape index (κ1) is 15.7. The maximum atomic E-state index is 12.3. The van der Waals surface area contributed by atoms with Crippen LogP contribution in [0, 0.1) is 0 Å². The summed E-state index contributed by atoms with van der Waals surface area (Å²) in [6.07, 6.45) is 1.67. The van der Waals surface area contributed by atoms with Crippen LogP contribution in [0.3, 0.4) is 0 Å². The number of thiocarbonyl (C=S) groups is 1. The second-order valence-corrected chi connectivity index (χ2v) is 5.63. The van der Waals surface area contributed by atoms with Gasteiger partial charge in [-0.05, 0) is 26.0 Å². The van der Waals surface area contributed by atoms with E-state index < -0.39 is 6.04 Å². The largest absolute Gasteiger partial charge is 0.389 e. The van der Waals surface area contributed by atoms with Crippen molar-refractivity contribution in [3.63, 3.8) is 0 Å². The summed E-state index contributed by atoms with van der Waals surface area (Å²) in [6.45, 7) is 5.29. The molecule has 6 nitrogen and oxygen atoms in total. The van der Waals surface area contributed by atoms with Gasteiger partial charge in [-0.25, -0.2) is 4.98 Å². The van der Waals surface area contributed by atoms with Gasteiger partial charge in [0.1, 0.15) is 16.8 Å². The van der Waals surface area contributed by atoms with Crippen molar-refractivity contribution in [3.05, 3.63) is 23.9 Å². The molecule has 0 bridgehead atoms. The lowest BCUT2D eigenvalue weighted by Gasteiger charge is -2.36. The Balaban J connectivity index is 2.31. The number of hydrogen-bond donors (Lipinski definition) is 2. The summed E-state index contributed by atoms with van der Waals surface area (Å²) in [6, 6.07) is 3.24. The minimum absolute atomic E-state index is 0.0695. The minimum Gasteiger partial charge on any atom is -0.389 e. The fourth-order valence-electron chi connectivity index (χ4n) is 2.27. The summed E-state index contributed by atoms with van der Waals surface area (Å²) in [7, 11) is 0. The topological polar surface area (TPSA) is 80.5 Å². The Labute approximate surface area is 129 Å². The molecular weight excluding hydrogens is 288 g/mol. The molecule has 1 aromatic heterocycles. The third kappa shape index (κ3) is 3.68. The van der Waals surface area contributed by atoms with E-state index in [4.69, 9.17) is 22.7 Å². The molecule has 0 spiro atoms. The number of carbonyl (C=O) groups excluding carboxylic acids is 1. The highest BCUT2D eigenvalue weighted by molar-refractivity contribution is 7.80. The molecule has 0 aromatic carbocycles. The number of nitrogens with one attached hydrogen (secondary N) is 1. The highest BCUT2D eigenvalue weighted by atomic mass is 32.1. The number of nitrogens with two attached hydrogens (primary N) is 1. The monoisotopic (exact) mass is 308 g/mol. The van der Waals surface area contributed by atoms with Gasteiger partial charge in [0, 0.05) is 18.8 Å². The number of morpholine rings is 1. The highest BCUT2D eigenvalue weighted by Crippen LogP contribution is 2.22. The Morgan fingerprint density at radius 2 is 2.38 bits per heavy atom. The van der Waals surface area contributed by atoms with E-state index in [9.17, 15) is 4.79 Å². The molecule has 2 rings (SSSR count). The molecule has 21 heavy (non-hydrogen) atoms. The Morgan fingerprint density at radius 1 is 1.62 bits per heavy atom. The molecule has 1 saturated heterocycles. The van der Waals surface area contributed by atoms with Gasteiger partial charge in [0.15, 0.2) is 0 Å². The first-order valence-electron chi connectivity index (χ1n) is 6.90.